The predicted octanol–water partition coefficient (Wildman–Crippen LogP) is 1.14. The van der Waals surface area contributed by atoms with Crippen molar-refractivity contribution in [1.29, 1.82) is 0 Å². The number of likely N-dealkylation sites (tertiary alicyclic amines) is 1. The first-order chi connectivity index (χ1) is 11.8. The van der Waals surface area contributed by atoms with Crippen molar-refractivity contribution in [3.05, 3.63) is 35.9 Å². The van der Waals surface area contributed by atoms with Crippen molar-refractivity contribution in [2.24, 2.45) is 5.73 Å². The van der Waals surface area contributed by atoms with Crippen LogP contribution in [0, 0.1) is 0 Å². The number of piperidine rings is 1. The van der Waals surface area contributed by atoms with Gasteiger partial charge in [0, 0.05) is 51.9 Å². The number of amides is 1. The predicted molar refractivity (Wildman–Crippen MR) is 96.6 cm³/mol. The zero-order chi connectivity index (χ0) is 16.8. The minimum absolute atomic E-state index is 0.255. The van der Waals surface area contributed by atoms with E-state index >= 15 is 0 Å². The number of piperazine rings is 1. The number of benzene rings is 1. The summed E-state index contributed by atoms with van der Waals surface area (Å²) in [5.74, 6) is 0.265. The lowest BCUT2D eigenvalue weighted by Crippen LogP contribution is -2.53. The second-order valence-corrected chi connectivity index (χ2v) is 7.01. The molecule has 0 radical (unpaired) electrons. The lowest BCUT2D eigenvalue weighted by molar-refractivity contribution is -0.136. The van der Waals surface area contributed by atoms with Gasteiger partial charge in [0.25, 0.3) is 0 Å². The highest BCUT2D eigenvalue weighted by Crippen LogP contribution is 2.17. The number of nitrogens with two attached hydrogens (primary N) is 1. The van der Waals surface area contributed by atoms with Crippen molar-refractivity contribution < 1.29 is 4.79 Å². The molecule has 2 aliphatic heterocycles. The normalized spacial score (nSPS) is 23.4. The van der Waals surface area contributed by atoms with Crippen molar-refractivity contribution in [2.75, 3.05) is 45.8 Å². The lowest BCUT2D eigenvalue weighted by atomic mass is 10.0. The summed E-state index contributed by atoms with van der Waals surface area (Å²) in [5.41, 5.74) is 7.20. The van der Waals surface area contributed by atoms with Crippen LogP contribution in [0.2, 0.25) is 0 Å². The van der Waals surface area contributed by atoms with E-state index in [0.717, 1.165) is 52.1 Å². The topological polar surface area (TPSA) is 52.8 Å². The van der Waals surface area contributed by atoms with E-state index in [1.54, 1.807) is 0 Å². The second-order valence-electron chi connectivity index (χ2n) is 7.01. The van der Waals surface area contributed by atoms with Gasteiger partial charge < -0.3 is 10.6 Å². The molecule has 2 aliphatic rings. The van der Waals surface area contributed by atoms with E-state index in [-0.39, 0.29) is 11.9 Å². The molecule has 0 aliphatic carbocycles. The molecule has 2 fully saturated rings. The highest BCUT2D eigenvalue weighted by atomic mass is 16.2. The van der Waals surface area contributed by atoms with Crippen molar-refractivity contribution in [3.8, 4) is 0 Å². The van der Waals surface area contributed by atoms with E-state index in [0.29, 0.717) is 13.1 Å². The van der Waals surface area contributed by atoms with Crippen molar-refractivity contribution in [2.45, 2.75) is 31.8 Å². The third-order valence-electron chi connectivity index (χ3n) is 5.29. The van der Waals surface area contributed by atoms with Gasteiger partial charge in [-0.3, -0.25) is 14.6 Å². The average molecular weight is 330 g/mol. The molecule has 1 aromatic rings. The molecule has 2 N–H and O–H groups in total. The Morgan fingerprint density at radius 2 is 1.71 bits per heavy atom. The van der Waals surface area contributed by atoms with Gasteiger partial charge in [-0.25, -0.2) is 0 Å². The fourth-order valence-electron chi connectivity index (χ4n) is 3.80. The summed E-state index contributed by atoms with van der Waals surface area (Å²) in [5, 5.41) is 0. The van der Waals surface area contributed by atoms with E-state index < -0.39 is 0 Å². The molecule has 3 rings (SSSR count). The van der Waals surface area contributed by atoms with Crippen LogP contribution >= 0.6 is 0 Å². The maximum atomic E-state index is 12.6. The van der Waals surface area contributed by atoms with Gasteiger partial charge in [-0.1, -0.05) is 30.3 Å². The Bertz CT molecular complexity index is 513. The molecule has 2 saturated heterocycles. The SMILES string of the molecule is NCC1CCCCN1C(=O)CN1CCN(Cc2ccccc2)CC1. The molecule has 132 valence electrons. The van der Waals surface area contributed by atoms with Crippen LogP contribution in [0.25, 0.3) is 0 Å². The second kappa shape index (κ2) is 8.60. The van der Waals surface area contributed by atoms with Crippen LogP contribution < -0.4 is 5.73 Å². The van der Waals surface area contributed by atoms with E-state index in [1.165, 1.54) is 12.0 Å². The molecule has 0 spiro atoms. The van der Waals surface area contributed by atoms with Gasteiger partial charge in [0.1, 0.15) is 0 Å². The van der Waals surface area contributed by atoms with Gasteiger partial charge in [-0.15, -0.1) is 0 Å². The first-order valence-electron chi connectivity index (χ1n) is 9.24. The number of rotatable bonds is 5. The molecule has 5 heteroatoms. The Kier molecular flexibility index (Phi) is 6.24. The molecular formula is C19H30N4O. The number of hydrogen-bond acceptors (Lipinski definition) is 4. The van der Waals surface area contributed by atoms with Gasteiger partial charge in [0.05, 0.1) is 6.54 Å². The molecule has 0 saturated carbocycles. The molecule has 0 bridgehead atoms. The molecular weight excluding hydrogens is 300 g/mol. The van der Waals surface area contributed by atoms with Gasteiger partial charge in [0.2, 0.25) is 5.91 Å². The fraction of sp³-hybridized carbons (Fsp3) is 0.632. The van der Waals surface area contributed by atoms with Gasteiger partial charge in [-0.2, -0.15) is 0 Å². The quantitative estimate of drug-likeness (QED) is 0.880. The van der Waals surface area contributed by atoms with Crippen LogP contribution in [0.5, 0.6) is 0 Å². The zero-order valence-electron chi connectivity index (χ0n) is 14.6. The van der Waals surface area contributed by atoms with Crippen molar-refractivity contribution in [3.63, 3.8) is 0 Å². The summed E-state index contributed by atoms with van der Waals surface area (Å²) in [6, 6.07) is 10.9. The maximum Gasteiger partial charge on any atom is 0.237 e. The monoisotopic (exact) mass is 330 g/mol. The molecule has 24 heavy (non-hydrogen) atoms. The standard InChI is InChI=1S/C19H30N4O/c20-14-18-8-4-5-9-23(18)19(24)16-22-12-10-21(11-13-22)15-17-6-2-1-3-7-17/h1-3,6-7,18H,4-5,8-16,20H2. The average Bonchev–Trinajstić information content (AvgIpc) is 2.64. The summed E-state index contributed by atoms with van der Waals surface area (Å²) in [4.78, 5) is 19.4. The molecule has 1 aromatic carbocycles. The number of hydrogen-bond donors (Lipinski definition) is 1. The fourth-order valence-corrected chi connectivity index (χ4v) is 3.80. The Morgan fingerprint density at radius 1 is 1.00 bits per heavy atom. The van der Waals surface area contributed by atoms with Crippen LogP contribution in [-0.2, 0) is 11.3 Å². The molecule has 5 nitrogen and oxygen atoms in total. The third kappa shape index (κ3) is 4.56. The van der Waals surface area contributed by atoms with Crippen molar-refractivity contribution >= 4 is 5.91 Å². The van der Waals surface area contributed by atoms with Crippen LogP contribution in [-0.4, -0.2) is 72.5 Å². The Labute approximate surface area is 145 Å². The summed E-state index contributed by atoms with van der Waals surface area (Å²) >= 11 is 0. The maximum absolute atomic E-state index is 12.6. The first-order valence-corrected chi connectivity index (χ1v) is 9.24. The van der Waals surface area contributed by atoms with Crippen LogP contribution in [0.1, 0.15) is 24.8 Å². The molecule has 0 aromatic heterocycles. The lowest BCUT2D eigenvalue weighted by Gasteiger charge is -2.38. The Balaban J connectivity index is 1.44. The summed E-state index contributed by atoms with van der Waals surface area (Å²) in [6.07, 6.45) is 3.38. The molecule has 1 atom stereocenters. The number of nitrogens with zero attached hydrogens (tertiary/aromatic N) is 3. The van der Waals surface area contributed by atoms with Crippen LogP contribution in [0.3, 0.4) is 0 Å². The minimum atomic E-state index is 0.255. The highest BCUT2D eigenvalue weighted by molar-refractivity contribution is 5.78. The van der Waals surface area contributed by atoms with E-state index in [2.05, 4.69) is 40.1 Å². The Hall–Kier alpha value is -1.43. The van der Waals surface area contributed by atoms with Gasteiger partial charge in [-0.05, 0) is 24.8 Å². The molecule has 1 unspecified atom stereocenters. The summed E-state index contributed by atoms with van der Waals surface area (Å²) in [7, 11) is 0. The molecule has 1 amide bonds. The van der Waals surface area contributed by atoms with Crippen molar-refractivity contribution in [1.82, 2.24) is 14.7 Å². The number of carbonyl (C=O) groups excluding carboxylic acids is 1. The van der Waals surface area contributed by atoms with E-state index in [9.17, 15) is 4.79 Å². The van der Waals surface area contributed by atoms with Gasteiger partial charge in [0.15, 0.2) is 0 Å². The van der Waals surface area contributed by atoms with Gasteiger partial charge >= 0.3 is 0 Å². The zero-order valence-corrected chi connectivity index (χ0v) is 14.6. The minimum Gasteiger partial charge on any atom is -0.337 e. The van der Waals surface area contributed by atoms with E-state index in [4.69, 9.17) is 5.73 Å². The first kappa shape index (κ1) is 17.4. The van der Waals surface area contributed by atoms with E-state index in [1.807, 2.05) is 4.90 Å². The largest absolute Gasteiger partial charge is 0.337 e. The summed E-state index contributed by atoms with van der Waals surface area (Å²) < 4.78 is 0. The smallest absolute Gasteiger partial charge is 0.237 e. The van der Waals surface area contributed by atoms with Crippen LogP contribution in [0.15, 0.2) is 30.3 Å². The summed E-state index contributed by atoms with van der Waals surface area (Å²) in [6.45, 7) is 7.04. The third-order valence-corrected chi connectivity index (χ3v) is 5.29. The molecule has 2 heterocycles. The number of carbonyl (C=O) groups is 1. The Morgan fingerprint density at radius 3 is 2.42 bits per heavy atom. The highest BCUT2D eigenvalue weighted by Gasteiger charge is 2.27. The van der Waals surface area contributed by atoms with Crippen LogP contribution in [0.4, 0.5) is 0 Å².